The number of benzene rings is 1. The Hall–Kier alpha value is -2.04. The number of carbonyl (C=O) groups excluding carboxylic acids is 1. The van der Waals surface area contributed by atoms with E-state index in [0.717, 1.165) is 25.0 Å². The van der Waals surface area contributed by atoms with Crippen LogP contribution in [0.1, 0.15) is 33.1 Å². The average Bonchev–Trinajstić information content (AvgIpc) is 2.78. The Morgan fingerprint density at radius 1 is 1.29 bits per heavy atom. The number of hydrogen-bond acceptors (Lipinski definition) is 3. The van der Waals surface area contributed by atoms with Crippen molar-refractivity contribution in [1.82, 2.24) is 0 Å². The van der Waals surface area contributed by atoms with Gasteiger partial charge in [-0.1, -0.05) is 20.3 Å². The van der Waals surface area contributed by atoms with Gasteiger partial charge in [-0.3, -0.25) is 9.79 Å². The van der Waals surface area contributed by atoms with Gasteiger partial charge in [-0.25, -0.2) is 4.39 Å². The minimum atomic E-state index is -0.387. The smallest absolute Gasteiger partial charge is 0.261 e. The molecule has 1 aromatic rings. The van der Waals surface area contributed by atoms with Crippen molar-refractivity contribution in [3.05, 3.63) is 30.1 Å². The van der Waals surface area contributed by atoms with Crippen molar-refractivity contribution in [2.75, 3.05) is 11.6 Å². The fraction of sp³-hybridized carbons (Fsp3) is 0.438. The second kappa shape index (κ2) is 7.11. The van der Waals surface area contributed by atoms with Gasteiger partial charge in [-0.2, -0.15) is 10.1 Å². The van der Waals surface area contributed by atoms with Crippen LogP contribution in [0.2, 0.25) is 0 Å². The second-order valence-corrected chi connectivity index (χ2v) is 5.00. The van der Waals surface area contributed by atoms with E-state index in [2.05, 4.69) is 10.1 Å². The number of nitrogens with zero attached hydrogens (tertiary/aromatic N) is 3. The summed E-state index contributed by atoms with van der Waals surface area (Å²) in [5.41, 5.74) is 1.41. The molecule has 1 amide bonds. The highest BCUT2D eigenvalue weighted by Gasteiger charge is 2.34. The standard InChI is InChI=1S/C16H20FN3O/c1-3-5-15-14(11-18-10-4-2)16(21)20(19-15)13-8-6-12(17)7-9-13/h6-9,11,14H,3-5,10H2,1-2H3/t14-/m1/s1. The van der Waals surface area contributed by atoms with Crippen LogP contribution < -0.4 is 5.01 Å². The maximum atomic E-state index is 13.0. The molecule has 0 saturated heterocycles. The summed E-state index contributed by atoms with van der Waals surface area (Å²) in [6.07, 6.45) is 4.32. The van der Waals surface area contributed by atoms with Crippen LogP contribution >= 0.6 is 0 Å². The van der Waals surface area contributed by atoms with Crippen molar-refractivity contribution in [2.24, 2.45) is 16.0 Å². The number of halogens is 1. The molecule has 0 bridgehead atoms. The predicted octanol–water partition coefficient (Wildman–Crippen LogP) is 3.43. The van der Waals surface area contributed by atoms with E-state index in [1.165, 1.54) is 17.1 Å². The molecule has 0 aromatic heterocycles. The zero-order valence-corrected chi connectivity index (χ0v) is 12.4. The molecule has 1 heterocycles. The van der Waals surface area contributed by atoms with E-state index in [-0.39, 0.29) is 17.6 Å². The Morgan fingerprint density at radius 3 is 2.62 bits per heavy atom. The molecule has 21 heavy (non-hydrogen) atoms. The van der Waals surface area contributed by atoms with Gasteiger partial charge in [0, 0.05) is 12.8 Å². The third-order valence-corrected chi connectivity index (χ3v) is 3.25. The average molecular weight is 289 g/mol. The lowest BCUT2D eigenvalue weighted by atomic mass is 10.0. The first kappa shape index (κ1) is 15.4. The normalized spacial score (nSPS) is 18.6. The maximum absolute atomic E-state index is 13.0. The van der Waals surface area contributed by atoms with Gasteiger partial charge in [0.25, 0.3) is 5.91 Å². The molecule has 0 N–H and O–H groups in total. The summed E-state index contributed by atoms with van der Waals surface area (Å²) in [5.74, 6) is -0.837. The van der Waals surface area contributed by atoms with Gasteiger partial charge in [0.1, 0.15) is 11.7 Å². The molecule has 1 aliphatic heterocycles. The monoisotopic (exact) mass is 289 g/mol. The van der Waals surface area contributed by atoms with Gasteiger partial charge in [-0.05, 0) is 37.1 Å². The molecule has 0 fully saturated rings. The number of rotatable bonds is 6. The Morgan fingerprint density at radius 2 is 2.00 bits per heavy atom. The molecule has 1 aromatic carbocycles. The van der Waals surface area contributed by atoms with Crippen LogP contribution in [0.4, 0.5) is 10.1 Å². The quantitative estimate of drug-likeness (QED) is 0.740. The van der Waals surface area contributed by atoms with Gasteiger partial charge < -0.3 is 0 Å². The van der Waals surface area contributed by atoms with Crippen LogP contribution in [0.15, 0.2) is 34.4 Å². The summed E-state index contributed by atoms with van der Waals surface area (Å²) < 4.78 is 13.0. The highest BCUT2D eigenvalue weighted by Crippen LogP contribution is 2.25. The number of hydrazone groups is 1. The summed E-state index contributed by atoms with van der Waals surface area (Å²) in [6.45, 7) is 4.80. The minimum absolute atomic E-state index is 0.120. The Balaban J connectivity index is 2.24. The molecular weight excluding hydrogens is 269 g/mol. The zero-order chi connectivity index (χ0) is 15.2. The summed E-state index contributed by atoms with van der Waals surface area (Å²) in [7, 11) is 0. The molecule has 112 valence electrons. The van der Waals surface area contributed by atoms with Crippen molar-refractivity contribution in [3.63, 3.8) is 0 Å². The van der Waals surface area contributed by atoms with E-state index in [1.54, 1.807) is 18.3 Å². The van der Waals surface area contributed by atoms with E-state index in [1.807, 2.05) is 13.8 Å². The molecule has 0 saturated carbocycles. The van der Waals surface area contributed by atoms with Crippen LogP contribution in [0.25, 0.3) is 0 Å². The summed E-state index contributed by atoms with van der Waals surface area (Å²) in [4.78, 5) is 16.8. The first-order valence-corrected chi connectivity index (χ1v) is 7.34. The van der Waals surface area contributed by atoms with Gasteiger partial charge in [-0.15, -0.1) is 0 Å². The minimum Gasteiger partial charge on any atom is -0.296 e. The van der Waals surface area contributed by atoms with Gasteiger partial charge >= 0.3 is 0 Å². The summed E-state index contributed by atoms with van der Waals surface area (Å²) in [5, 5.41) is 5.76. The number of anilines is 1. The van der Waals surface area contributed by atoms with E-state index in [9.17, 15) is 9.18 Å². The van der Waals surface area contributed by atoms with E-state index in [4.69, 9.17) is 0 Å². The first-order valence-electron chi connectivity index (χ1n) is 7.34. The van der Waals surface area contributed by atoms with Crippen LogP contribution in [0, 0.1) is 11.7 Å². The molecule has 4 nitrogen and oxygen atoms in total. The lowest BCUT2D eigenvalue weighted by Gasteiger charge is -2.12. The van der Waals surface area contributed by atoms with Crippen molar-refractivity contribution in [1.29, 1.82) is 0 Å². The third kappa shape index (κ3) is 3.54. The third-order valence-electron chi connectivity index (χ3n) is 3.25. The number of hydrogen-bond donors (Lipinski definition) is 0. The molecule has 1 aliphatic rings. The van der Waals surface area contributed by atoms with Crippen LogP contribution in [0.3, 0.4) is 0 Å². The van der Waals surface area contributed by atoms with Crippen LogP contribution in [-0.4, -0.2) is 24.4 Å². The fourth-order valence-electron chi connectivity index (χ4n) is 2.20. The maximum Gasteiger partial charge on any atom is 0.261 e. The van der Waals surface area contributed by atoms with Crippen molar-refractivity contribution < 1.29 is 9.18 Å². The Bertz CT molecular complexity index is 551. The highest BCUT2D eigenvalue weighted by atomic mass is 19.1. The van der Waals surface area contributed by atoms with Crippen molar-refractivity contribution in [2.45, 2.75) is 33.1 Å². The van der Waals surface area contributed by atoms with Gasteiger partial charge in [0.15, 0.2) is 0 Å². The molecule has 0 unspecified atom stereocenters. The van der Waals surface area contributed by atoms with E-state index in [0.29, 0.717) is 12.2 Å². The number of aliphatic imine (C=N–C) groups is 1. The molecule has 0 radical (unpaired) electrons. The lowest BCUT2D eigenvalue weighted by molar-refractivity contribution is -0.118. The molecule has 2 rings (SSSR count). The van der Waals surface area contributed by atoms with Crippen molar-refractivity contribution >= 4 is 23.5 Å². The largest absolute Gasteiger partial charge is 0.296 e. The van der Waals surface area contributed by atoms with Crippen LogP contribution in [-0.2, 0) is 4.79 Å². The van der Waals surface area contributed by atoms with Crippen molar-refractivity contribution in [3.8, 4) is 0 Å². The fourth-order valence-corrected chi connectivity index (χ4v) is 2.20. The van der Waals surface area contributed by atoms with Crippen LogP contribution in [0.5, 0.6) is 0 Å². The Labute approximate surface area is 124 Å². The summed E-state index contributed by atoms with van der Waals surface area (Å²) >= 11 is 0. The van der Waals surface area contributed by atoms with E-state index < -0.39 is 0 Å². The first-order chi connectivity index (χ1) is 10.2. The van der Waals surface area contributed by atoms with Gasteiger partial charge in [0.2, 0.25) is 0 Å². The molecule has 0 aliphatic carbocycles. The molecule has 5 heteroatoms. The lowest BCUT2D eigenvalue weighted by Crippen LogP contribution is -2.28. The highest BCUT2D eigenvalue weighted by molar-refractivity contribution is 6.24. The second-order valence-electron chi connectivity index (χ2n) is 5.00. The molecule has 0 spiro atoms. The van der Waals surface area contributed by atoms with E-state index >= 15 is 0 Å². The predicted molar refractivity (Wildman–Crippen MR) is 83.4 cm³/mol. The summed E-state index contributed by atoms with van der Waals surface area (Å²) in [6, 6.07) is 5.78. The Kier molecular flexibility index (Phi) is 5.20. The topological polar surface area (TPSA) is 45.0 Å². The zero-order valence-electron chi connectivity index (χ0n) is 12.4. The van der Waals surface area contributed by atoms with Gasteiger partial charge in [0.05, 0.1) is 11.4 Å². The molecular formula is C16H20FN3O. The number of carbonyl (C=O) groups is 1. The molecule has 1 atom stereocenters. The SMILES string of the molecule is CCCN=C[C@H]1C(=O)N(c2ccc(F)cc2)N=C1CCC. The number of amides is 1.